The number of amides is 3. The monoisotopic (exact) mass is 525 g/mol. The number of piperazine rings is 1. The number of carbonyl (C=O) groups excluding carboxylic acids is 3. The molecule has 2 heterocycles. The molecule has 2 aromatic rings. The molecule has 5 rings (SSSR count). The van der Waals surface area contributed by atoms with Crippen molar-refractivity contribution >= 4 is 17.7 Å². The first-order valence-corrected chi connectivity index (χ1v) is 13.3. The van der Waals surface area contributed by atoms with E-state index in [1.54, 1.807) is 0 Å². The zero-order chi connectivity index (χ0) is 27.0. The van der Waals surface area contributed by atoms with Crippen LogP contribution in [0.1, 0.15) is 43.0 Å². The molecule has 202 valence electrons. The molecule has 0 bridgehead atoms. The molecule has 9 heteroatoms. The van der Waals surface area contributed by atoms with Gasteiger partial charge in [0.2, 0.25) is 17.7 Å². The van der Waals surface area contributed by atoms with Crippen LogP contribution in [-0.2, 0) is 32.0 Å². The third-order valence-electron chi connectivity index (χ3n) is 8.22. The maximum absolute atomic E-state index is 15.3. The van der Waals surface area contributed by atoms with E-state index < -0.39 is 41.6 Å². The van der Waals surface area contributed by atoms with Crippen LogP contribution in [0, 0.1) is 23.5 Å². The number of hydrogen-bond donors (Lipinski definition) is 1. The van der Waals surface area contributed by atoms with E-state index in [4.69, 9.17) is 4.74 Å². The quantitative estimate of drug-likeness (QED) is 0.629. The lowest BCUT2D eigenvalue weighted by Crippen LogP contribution is -2.68. The number of hydrogen-bond acceptors (Lipinski definition) is 4. The molecule has 0 unspecified atom stereocenters. The average Bonchev–Trinajstić information content (AvgIpc) is 3.35. The molecule has 7 nitrogen and oxygen atoms in total. The minimum absolute atomic E-state index is 0.118. The lowest BCUT2D eigenvalue weighted by atomic mass is 9.85. The molecule has 1 N–H and O–H groups in total. The van der Waals surface area contributed by atoms with Gasteiger partial charge in [-0.05, 0) is 41.9 Å². The van der Waals surface area contributed by atoms with Crippen LogP contribution >= 0.6 is 0 Å². The summed E-state index contributed by atoms with van der Waals surface area (Å²) < 4.78 is 34.6. The molecule has 38 heavy (non-hydrogen) atoms. The Morgan fingerprint density at radius 3 is 2.34 bits per heavy atom. The lowest BCUT2D eigenvalue weighted by Gasteiger charge is -2.47. The van der Waals surface area contributed by atoms with Crippen molar-refractivity contribution in [1.29, 1.82) is 0 Å². The van der Waals surface area contributed by atoms with Gasteiger partial charge < -0.3 is 19.9 Å². The number of nitrogens with zero attached hydrogens (tertiary/aromatic N) is 2. The number of ether oxygens (including phenoxy) is 1. The molecule has 0 aromatic heterocycles. The highest BCUT2D eigenvalue weighted by atomic mass is 19.1. The smallest absolute Gasteiger partial charge is 0.250 e. The van der Waals surface area contributed by atoms with E-state index in [1.807, 2.05) is 38.1 Å². The number of fused-ring (bicyclic) bond motifs is 1. The van der Waals surface area contributed by atoms with Crippen LogP contribution in [0.3, 0.4) is 0 Å². The number of morpholine rings is 1. The van der Waals surface area contributed by atoms with E-state index in [0.717, 1.165) is 17.2 Å². The van der Waals surface area contributed by atoms with Crippen molar-refractivity contribution in [2.75, 3.05) is 26.3 Å². The molecule has 2 aliphatic heterocycles. The normalized spacial score (nSPS) is 23.7. The maximum atomic E-state index is 15.3. The molecule has 2 fully saturated rings. The minimum Gasteiger partial charge on any atom is -0.378 e. The Morgan fingerprint density at radius 2 is 1.74 bits per heavy atom. The predicted octanol–water partition coefficient (Wildman–Crippen LogP) is 3.02. The summed E-state index contributed by atoms with van der Waals surface area (Å²) in [6.45, 7) is 4.93. The third kappa shape index (κ3) is 4.79. The number of rotatable bonds is 6. The van der Waals surface area contributed by atoms with E-state index in [-0.39, 0.29) is 36.4 Å². The van der Waals surface area contributed by atoms with Crippen LogP contribution in [0.5, 0.6) is 0 Å². The van der Waals surface area contributed by atoms with Crippen molar-refractivity contribution in [3.63, 3.8) is 0 Å². The van der Waals surface area contributed by atoms with E-state index in [1.165, 1.54) is 15.9 Å². The Balaban J connectivity index is 1.58. The Bertz CT molecular complexity index is 1210. The average molecular weight is 526 g/mol. The number of halogens is 2. The van der Waals surface area contributed by atoms with Crippen LogP contribution in [-0.4, -0.2) is 65.9 Å². The highest BCUT2D eigenvalue weighted by molar-refractivity contribution is 6.00. The fourth-order valence-electron chi connectivity index (χ4n) is 6.00. The summed E-state index contributed by atoms with van der Waals surface area (Å²) in [5.41, 5.74) is 2.13. The van der Waals surface area contributed by atoms with E-state index >= 15 is 4.39 Å². The minimum atomic E-state index is -1.41. The van der Waals surface area contributed by atoms with E-state index in [9.17, 15) is 18.8 Å². The number of benzene rings is 2. The lowest BCUT2D eigenvalue weighted by molar-refractivity contribution is -0.163. The SMILES string of the molecule is CC[C@H](C)[C@@H]1C(=O)N[C@H](C2Cc3ccccc3C2)C(=O)N1[C@@H](C(=O)N1CCOCC1)c1ccc(F)cc1F. The van der Waals surface area contributed by atoms with Gasteiger partial charge in [0.25, 0.3) is 0 Å². The second-order valence-corrected chi connectivity index (χ2v) is 10.5. The third-order valence-corrected chi connectivity index (χ3v) is 8.22. The van der Waals surface area contributed by atoms with Gasteiger partial charge >= 0.3 is 0 Å². The molecule has 0 saturated carbocycles. The van der Waals surface area contributed by atoms with Gasteiger partial charge in [0.1, 0.15) is 29.8 Å². The number of carbonyl (C=O) groups is 3. The molecule has 2 aromatic carbocycles. The van der Waals surface area contributed by atoms with Crippen LogP contribution in [0.4, 0.5) is 8.78 Å². The molecule has 1 aliphatic carbocycles. The highest BCUT2D eigenvalue weighted by Crippen LogP contribution is 2.37. The predicted molar refractivity (Wildman–Crippen MR) is 136 cm³/mol. The maximum Gasteiger partial charge on any atom is 0.250 e. The van der Waals surface area contributed by atoms with E-state index in [0.29, 0.717) is 38.5 Å². The molecule has 4 atom stereocenters. The van der Waals surface area contributed by atoms with Gasteiger partial charge in [-0.3, -0.25) is 14.4 Å². The summed E-state index contributed by atoms with van der Waals surface area (Å²) in [6, 6.07) is 7.68. The largest absolute Gasteiger partial charge is 0.378 e. The standard InChI is InChI=1S/C29H33F2N3O4/c1-3-17(2)25-27(35)32-24(20-14-18-6-4-5-7-19(18)15-20)28(36)34(25)26(22-9-8-21(30)16-23(22)31)29(37)33-10-12-38-13-11-33/h4-9,16-17,20,24-26H,3,10-15H2,1-2H3,(H,32,35)/t17-,24+,25+,26+/m0/s1. The molecule has 0 spiro atoms. The number of nitrogens with one attached hydrogen (secondary N) is 1. The molecular formula is C29H33F2N3O4. The zero-order valence-electron chi connectivity index (χ0n) is 21.7. The Labute approximate surface area is 221 Å². The summed E-state index contributed by atoms with van der Waals surface area (Å²) >= 11 is 0. The summed E-state index contributed by atoms with van der Waals surface area (Å²) in [5, 5.41) is 2.96. The van der Waals surface area contributed by atoms with Crippen LogP contribution < -0.4 is 5.32 Å². The van der Waals surface area contributed by atoms with Gasteiger partial charge in [0.15, 0.2) is 0 Å². The zero-order valence-corrected chi connectivity index (χ0v) is 21.7. The van der Waals surface area contributed by atoms with Crippen molar-refractivity contribution < 1.29 is 27.9 Å². The molecule has 3 aliphatic rings. The first-order chi connectivity index (χ1) is 18.3. The first kappa shape index (κ1) is 26.3. The van der Waals surface area contributed by atoms with Crippen LogP contribution in [0.15, 0.2) is 42.5 Å². The molecular weight excluding hydrogens is 492 g/mol. The second kappa shape index (κ2) is 10.8. The van der Waals surface area contributed by atoms with Gasteiger partial charge in [-0.1, -0.05) is 50.6 Å². The van der Waals surface area contributed by atoms with Crippen LogP contribution in [0.2, 0.25) is 0 Å². The fraction of sp³-hybridized carbons (Fsp3) is 0.483. The van der Waals surface area contributed by atoms with Crippen LogP contribution in [0.25, 0.3) is 0 Å². The van der Waals surface area contributed by atoms with Crippen molar-refractivity contribution in [3.05, 3.63) is 70.8 Å². The summed E-state index contributed by atoms with van der Waals surface area (Å²) in [5.74, 6) is -3.48. The first-order valence-electron chi connectivity index (χ1n) is 13.3. The second-order valence-electron chi connectivity index (χ2n) is 10.5. The summed E-state index contributed by atoms with van der Waals surface area (Å²) in [7, 11) is 0. The highest BCUT2D eigenvalue weighted by Gasteiger charge is 2.51. The Morgan fingerprint density at radius 1 is 1.08 bits per heavy atom. The van der Waals surface area contributed by atoms with Gasteiger partial charge in [-0.15, -0.1) is 0 Å². The van der Waals surface area contributed by atoms with E-state index in [2.05, 4.69) is 5.32 Å². The topological polar surface area (TPSA) is 79.0 Å². The van der Waals surface area contributed by atoms with Gasteiger partial charge in [-0.25, -0.2) is 8.78 Å². The van der Waals surface area contributed by atoms with Gasteiger partial charge in [-0.2, -0.15) is 0 Å². The molecule has 3 amide bonds. The van der Waals surface area contributed by atoms with Crippen molar-refractivity contribution in [2.24, 2.45) is 11.8 Å². The Kier molecular flexibility index (Phi) is 7.47. The summed E-state index contributed by atoms with van der Waals surface area (Å²) in [4.78, 5) is 44.9. The summed E-state index contributed by atoms with van der Waals surface area (Å²) in [6.07, 6.45) is 1.79. The van der Waals surface area contributed by atoms with Gasteiger partial charge in [0.05, 0.1) is 13.2 Å². The van der Waals surface area contributed by atoms with Crippen molar-refractivity contribution in [1.82, 2.24) is 15.1 Å². The molecule has 2 saturated heterocycles. The Hall–Kier alpha value is -3.33. The fourth-order valence-corrected chi connectivity index (χ4v) is 6.00. The van der Waals surface area contributed by atoms with Crippen molar-refractivity contribution in [3.8, 4) is 0 Å². The van der Waals surface area contributed by atoms with Crippen molar-refractivity contribution in [2.45, 2.75) is 51.2 Å². The van der Waals surface area contributed by atoms with Gasteiger partial charge in [0, 0.05) is 24.7 Å². The molecule has 0 radical (unpaired) electrons.